The van der Waals surface area contributed by atoms with Gasteiger partial charge in [-0.3, -0.25) is 9.89 Å². The lowest BCUT2D eigenvalue weighted by molar-refractivity contribution is 0.181. The molecule has 8 nitrogen and oxygen atoms in total. The van der Waals surface area contributed by atoms with Crippen LogP contribution < -0.4 is 10.9 Å². The predicted octanol–water partition coefficient (Wildman–Crippen LogP) is 2.33. The van der Waals surface area contributed by atoms with Crippen LogP contribution in [0.4, 0.5) is 5.95 Å². The fourth-order valence-electron chi connectivity index (χ4n) is 2.98. The highest BCUT2D eigenvalue weighted by Crippen LogP contribution is 2.28. The second-order valence-corrected chi connectivity index (χ2v) is 5.95. The van der Waals surface area contributed by atoms with Crippen LogP contribution in [0.1, 0.15) is 5.69 Å². The molecule has 4 rings (SSSR count). The molecule has 3 aromatic heterocycles. The van der Waals surface area contributed by atoms with Crippen molar-refractivity contribution in [3.8, 4) is 22.4 Å². The van der Waals surface area contributed by atoms with Crippen molar-refractivity contribution in [1.29, 1.82) is 0 Å². The third-order valence-corrected chi connectivity index (χ3v) is 4.21. The van der Waals surface area contributed by atoms with Crippen LogP contribution in [0.15, 0.2) is 53.6 Å². The molecule has 0 aliphatic carbocycles. The Morgan fingerprint density at radius 2 is 1.89 bits per heavy atom. The first-order chi connectivity index (χ1) is 13.2. The summed E-state index contributed by atoms with van der Waals surface area (Å²) in [5.74, 6) is 0.505. The van der Waals surface area contributed by atoms with E-state index in [1.807, 2.05) is 30.3 Å². The maximum Gasteiger partial charge on any atom is 0.273 e. The van der Waals surface area contributed by atoms with Gasteiger partial charge >= 0.3 is 0 Å². The van der Waals surface area contributed by atoms with Gasteiger partial charge in [-0.05, 0) is 5.56 Å². The minimum atomic E-state index is -0.216. The van der Waals surface area contributed by atoms with Crippen LogP contribution in [0.25, 0.3) is 28.0 Å². The van der Waals surface area contributed by atoms with Crippen LogP contribution >= 0.6 is 0 Å². The van der Waals surface area contributed by atoms with E-state index < -0.39 is 0 Å². The summed E-state index contributed by atoms with van der Waals surface area (Å²) in [7, 11) is 3.36. The first kappa shape index (κ1) is 16.9. The van der Waals surface area contributed by atoms with E-state index >= 15 is 0 Å². The number of hydrogen-bond acceptors (Lipinski definition) is 6. The number of H-pyrrole nitrogens is 1. The van der Waals surface area contributed by atoms with Crippen LogP contribution in [0.2, 0.25) is 0 Å². The zero-order valence-corrected chi connectivity index (χ0v) is 14.9. The van der Waals surface area contributed by atoms with Crippen molar-refractivity contribution in [2.75, 3.05) is 19.5 Å². The molecule has 0 atom stereocenters. The number of nitrogens with zero attached hydrogens (tertiary/aromatic N) is 4. The third kappa shape index (κ3) is 3.06. The molecule has 0 aliphatic heterocycles. The van der Waals surface area contributed by atoms with E-state index in [4.69, 9.17) is 9.72 Å². The van der Waals surface area contributed by atoms with Crippen molar-refractivity contribution in [3.05, 3.63) is 64.8 Å². The minimum Gasteiger partial charge on any atom is -0.378 e. The van der Waals surface area contributed by atoms with Crippen molar-refractivity contribution in [2.45, 2.75) is 6.61 Å². The third-order valence-electron chi connectivity index (χ3n) is 4.21. The van der Waals surface area contributed by atoms with Gasteiger partial charge in [-0.25, -0.2) is 19.5 Å². The lowest BCUT2D eigenvalue weighted by Gasteiger charge is -2.04. The summed E-state index contributed by atoms with van der Waals surface area (Å²) in [5, 5.41) is 5.97. The fraction of sp³-hybridized carbons (Fsp3) is 0.158. The Morgan fingerprint density at radius 1 is 1.15 bits per heavy atom. The number of fused-ring (bicyclic) bond motifs is 1. The molecule has 3 heterocycles. The number of nitrogens with one attached hydrogen (secondary N) is 2. The molecule has 0 unspecified atom stereocenters. The molecule has 8 heteroatoms. The van der Waals surface area contributed by atoms with Gasteiger partial charge in [0.15, 0.2) is 5.65 Å². The number of anilines is 1. The largest absolute Gasteiger partial charge is 0.378 e. The maximum atomic E-state index is 12.7. The summed E-state index contributed by atoms with van der Waals surface area (Å²) < 4.78 is 6.73. The number of methoxy groups -OCH3 is 1. The number of aromatic amines is 1. The van der Waals surface area contributed by atoms with E-state index in [0.29, 0.717) is 29.5 Å². The Kier molecular flexibility index (Phi) is 4.39. The normalized spacial score (nSPS) is 11.0. The van der Waals surface area contributed by atoms with Gasteiger partial charge < -0.3 is 10.1 Å². The summed E-state index contributed by atoms with van der Waals surface area (Å²) in [4.78, 5) is 25.8. The first-order valence-corrected chi connectivity index (χ1v) is 8.40. The Balaban J connectivity index is 1.95. The molecule has 2 N–H and O–H groups in total. The summed E-state index contributed by atoms with van der Waals surface area (Å²) in [5.41, 5.74) is 4.08. The number of aromatic nitrogens is 5. The SMILES string of the molecule is CNc1ncc(-c2cc(=O)n3[nH]c(COC)c(-c4ccccc4)c3n2)cn1. The zero-order chi connectivity index (χ0) is 18.8. The highest BCUT2D eigenvalue weighted by atomic mass is 16.5. The van der Waals surface area contributed by atoms with E-state index in [0.717, 1.165) is 16.8 Å². The molecule has 0 fully saturated rings. The number of rotatable bonds is 5. The van der Waals surface area contributed by atoms with E-state index in [1.165, 1.54) is 10.6 Å². The molecule has 0 saturated heterocycles. The van der Waals surface area contributed by atoms with Gasteiger partial charge in [-0.2, -0.15) is 0 Å². The summed E-state index contributed by atoms with van der Waals surface area (Å²) in [6, 6.07) is 11.3. The van der Waals surface area contributed by atoms with E-state index in [2.05, 4.69) is 20.4 Å². The van der Waals surface area contributed by atoms with Gasteiger partial charge in [-0.15, -0.1) is 0 Å². The number of ether oxygens (including phenoxy) is 1. The molecule has 0 aliphatic rings. The molecular weight excluding hydrogens is 344 g/mol. The van der Waals surface area contributed by atoms with Crippen LogP contribution in [-0.2, 0) is 11.3 Å². The highest BCUT2D eigenvalue weighted by molar-refractivity contribution is 5.81. The average molecular weight is 362 g/mol. The quantitative estimate of drug-likeness (QED) is 0.566. The lowest BCUT2D eigenvalue weighted by atomic mass is 10.1. The topological polar surface area (TPSA) is 97.2 Å². The average Bonchev–Trinajstić information content (AvgIpc) is 3.07. The summed E-state index contributed by atoms with van der Waals surface area (Å²) in [6.07, 6.45) is 3.28. The number of benzene rings is 1. The molecule has 136 valence electrons. The molecule has 1 aromatic carbocycles. The Labute approximate surface area is 154 Å². The first-order valence-electron chi connectivity index (χ1n) is 8.40. The molecule has 0 bridgehead atoms. The van der Waals surface area contributed by atoms with Crippen molar-refractivity contribution >= 4 is 11.6 Å². The van der Waals surface area contributed by atoms with Crippen LogP contribution in [0, 0.1) is 0 Å². The van der Waals surface area contributed by atoms with E-state index in [1.54, 1.807) is 26.6 Å². The molecule has 0 saturated carbocycles. The van der Waals surface area contributed by atoms with Gasteiger partial charge in [0.1, 0.15) is 0 Å². The highest BCUT2D eigenvalue weighted by Gasteiger charge is 2.17. The summed E-state index contributed by atoms with van der Waals surface area (Å²) >= 11 is 0. The second kappa shape index (κ2) is 7.00. The monoisotopic (exact) mass is 362 g/mol. The van der Waals surface area contributed by atoms with Crippen LogP contribution in [-0.4, -0.2) is 38.7 Å². The maximum absolute atomic E-state index is 12.7. The van der Waals surface area contributed by atoms with Crippen molar-refractivity contribution in [2.24, 2.45) is 0 Å². The van der Waals surface area contributed by atoms with Crippen molar-refractivity contribution in [3.63, 3.8) is 0 Å². The molecule has 4 aromatic rings. The Bertz CT molecular complexity index is 1130. The minimum absolute atomic E-state index is 0.216. The second-order valence-electron chi connectivity index (χ2n) is 5.95. The molecular formula is C19H18N6O2. The molecule has 27 heavy (non-hydrogen) atoms. The molecule has 0 spiro atoms. The van der Waals surface area contributed by atoms with Gasteiger partial charge in [0.2, 0.25) is 5.95 Å². The number of hydrogen-bond donors (Lipinski definition) is 2. The van der Waals surface area contributed by atoms with Crippen molar-refractivity contribution in [1.82, 2.24) is 24.6 Å². The van der Waals surface area contributed by atoms with Crippen LogP contribution in [0.5, 0.6) is 0 Å². The van der Waals surface area contributed by atoms with E-state index in [9.17, 15) is 4.79 Å². The summed E-state index contributed by atoms with van der Waals surface area (Å²) in [6.45, 7) is 0.336. The molecule has 0 radical (unpaired) electrons. The van der Waals surface area contributed by atoms with Crippen LogP contribution in [0.3, 0.4) is 0 Å². The van der Waals surface area contributed by atoms with Crippen molar-refractivity contribution < 1.29 is 4.74 Å². The Morgan fingerprint density at radius 3 is 2.56 bits per heavy atom. The zero-order valence-electron chi connectivity index (χ0n) is 14.9. The molecule has 0 amide bonds. The fourth-order valence-corrected chi connectivity index (χ4v) is 2.98. The smallest absolute Gasteiger partial charge is 0.273 e. The van der Waals surface area contributed by atoms with Gasteiger partial charge in [0.25, 0.3) is 5.56 Å². The standard InChI is InChI=1S/C19H18N6O2/c1-20-19-21-9-13(10-22-19)14-8-16(26)25-18(23-14)17(15(24-25)11-27-2)12-6-4-3-5-7-12/h3-10,24H,11H2,1-2H3,(H,20,21,22). The Hall–Kier alpha value is -3.52. The lowest BCUT2D eigenvalue weighted by Crippen LogP contribution is -2.14. The van der Waals surface area contributed by atoms with Gasteiger partial charge in [-0.1, -0.05) is 30.3 Å². The predicted molar refractivity (Wildman–Crippen MR) is 103 cm³/mol. The van der Waals surface area contributed by atoms with Gasteiger partial charge in [0, 0.05) is 43.7 Å². The van der Waals surface area contributed by atoms with E-state index in [-0.39, 0.29) is 5.56 Å². The van der Waals surface area contributed by atoms with Gasteiger partial charge in [0.05, 0.1) is 18.0 Å².